The predicted octanol–water partition coefficient (Wildman–Crippen LogP) is 3.57. The molecule has 22 heavy (non-hydrogen) atoms. The molecule has 2 aromatic carbocycles. The number of ether oxygens (including phenoxy) is 1. The lowest BCUT2D eigenvalue weighted by atomic mass is 10.1. The fourth-order valence-corrected chi connectivity index (χ4v) is 2.74. The Bertz CT molecular complexity index is 646. The molecule has 0 saturated heterocycles. The molecule has 0 unspecified atom stereocenters. The van der Waals surface area contributed by atoms with Crippen LogP contribution < -0.4 is 21.1 Å². The monoisotopic (exact) mass is 379 g/mol. The lowest BCUT2D eigenvalue weighted by molar-refractivity contribution is 0.412. The molecule has 6 heteroatoms. The van der Waals surface area contributed by atoms with Gasteiger partial charge in [-0.15, -0.1) is 0 Å². The minimum Gasteiger partial charge on any atom is -0.496 e. The van der Waals surface area contributed by atoms with E-state index in [0.29, 0.717) is 5.11 Å². The first-order valence-corrected chi connectivity index (χ1v) is 8.01. The molecule has 0 amide bonds. The van der Waals surface area contributed by atoms with Gasteiger partial charge < -0.3 is 21.1 Å². The van der Waals surface area contributed by atoms with Crippen LogP contribution in [-0.2, 0) is 6.42 Å². The summed E-state index contributed by atoms with van der Waals surface area (Å²) in [6.45, 7) is 0.750. The van der Waals surface area contributed by atoms with Gasteiger partial charge in [0.05, 0.1) is 11.6 Å². The third kappa shape index (κ3) is 4.89. The molecule has 0 atom stereocenters. The predicted molar refractivity (Wildman–Crippen MR) is 99.5 cm³/mol. The van der Waals surface area contributed by atoms with Crippen molar-refractivity contribution in [2.75, 3.05) is 24.7 Å². The summed E-state index contributed by atoms with van der Waals surface area (Å²) in [4.78, 5) is 0. The Morgan fingerprint density at radius 2 is 1.95 bits per heavy atom. The molecule has 0 heterocycles. The molecule has 0 aliphatic heterocycles. The first kappa shape index (κ1) is 16.6. The second-order valence-electron chi connectivity index (χ2n) is 4.72. The Morgan fingerprint density at radius 1 is 1.23 bits per heavy atom. The largest absolute Gasteiger partial charge is 0.496 e. The zero-order valence-electron chi connectivity index (χ0n) is 12.2. The molecule has 0 aromatic heterocycles. The van der Waals surface area contributed by atoms with Gasteiger partial charge in [-0.05, 0) is 76.5 Å². The van der Waals surface area contributed by atoms with E-state index in [0.717, 1.165) is 34.6 Å². The quantitative estimate of drug-likeness (QED) is 0.547. The van der Waals surface area contributed by atoms with E-state index < -0.39 is 0 Å². The molecule has 0 aliphatic rings. The Kier molecular flexibility index (Phi) is 6.03. The highest BCUT2D eigenvalue weighted by Crippen LogP contribution is 2.25. The normalized spacial score (nSPS) is 10.1. The summed E-state index contributed by atoms with van der Waals surface area (Å²) in [6, 6.07) is 13.5. The lowest BCUT2D eigenvalue weighted by Gasteiger charge is -2.11. The van der Waals surface area contributed by atoms with Gasteiger partial charge in [-0.25, -0.2) is 0 Å². The van der Waals surface area contributed by atoms with E-state index in [-0.39, 0.29) is 0 Å². The van der Waals surface area contributed by atoms with E-state index in [1.54, 1.807) is 7.11 Å². The second-order valence-corrected chi connectivity index (χ2v) is 5.98. The van der Waals surface area contributed by atoms with Crippen LogP contribution in [0.5, 0.6) is 5.75 Å². The molecule has 0 bridgehead atoms. The van der Waals surface area contributed by atoms with Crippen LogP contribution in [0.4, 0.5) is 11.4 Å². The van der Waals surface area contributed by atoms with Crippen molar-refractivity contribution in [1.29, 1.82) is 0 Å². The average Bonchev–Trinajstić information content (AvgIpc) is 2.50. The number of benzene rings is 2. The van der Waals surface area contributed by atoms with Crippen LogP contribution in [0, 0.1) is 0 Å². The number of halogens is 1. The summed E-state index contributed by atoms with van der Waals surface area (Å²) in [6.07, 6.45) is 0.867. The van der Waals surface area contributed by atoms with E-state index in [9.17, 15) is 0 Å². The van der Waals surface area contributed by atoms with Gasteiger partial charge in [0.1, 0.15) is 5.75 Å². The zero-order valence-corrected chi connectivity index (χ0v) is 14.6. The van der Waals surface area contributed by atoms with Crippen LogP contribution in [0.2, 0.25) is 0 Å². The van der Waals surface area contributed by atoms with Crippen molar-refractivity contribution in [2.45, 2.75) is 6.42 Å². The van der Waals surface area contributed by atoms with Crippen LogP contribution >= 0.6 is 28.1 Å². The molecule has 4 nitrogen and oxygen atoms in total. The highest BCUT2D eigenvalue weighted by Gasteiger charge is 2.02. The van der Waals surface area contributed by atoms with Crippen LogP contribution in [0.1, 0.15) is 5.56 Å². The Balaban J connectivity index is 1.79. The fourth-order valence-electron chi connectivity index (χ4n) is 1.93. The van der Waals surface area contributed by atoms with Gasteiger partial charge in [-0.2, -0.15) is 0 Å². The number of hydrogen-bond acceptors (Lipinski definition) is 3. The lowest BCUT2D eigenvalue weighted by Crippen LogP contribution is -2.30. The van der Waals surface area contributed by atoms with Gasteiger partial charge >= 0.3 is 0 Å². The Labute approximate surface area is 144 Å². The molecule has 116 valence electrons. The maximum Gasteiger partial charge on any atom is 0.170 e. The standard InChI is InChI=1S/C16H18BrN3OS/c1-21-15-7-2-11(10-14(15)17)8-9-19-16(22)20-13-5-3-12(18)4-6-13/h2-7,10H,8-9,18H2,1H3,(H2,19,20,22). The topological polar surface area (TPSA) is 59.3 Å². The number of hydrogen-bond donors (Lipinski definition) is 3. The number of methoxy groups -OCH3 is 1. The maximum absolute atomic E-state index is 5.65. The number of nitrogens with one attached hydrogen (secondary N) is 2. The number of anilines is 2. The number of nitrogen functional groups attached to an aromatic ring is 1. The molecule has 0 radical (unpaired) electrons. The van der Waals surface area contributed by atoms with Crippen molar-refractivity contribution in [3.63, 3.8) is 0 Å². The SMILES string of the molecule is COc1ccc(CCNC(=S)Nc2ccc(N)cc2)cc1Br. The molecule has 2 aromatic rings. The van der Waals surface area contributed by atoms with E-state index in [2.05, 4.69) is 32.6 Å². The molecule has 4 N–H and O–H groups in total. The van der Waals surface area contributed by atoms with Gasteiger partial charge in [-0.1, -0.05) is 6.07 Å². The van der Waals surface area contributed by atoms with Crippen LogP contribution in [-0.4, -0.2) is 18.8 Å². The highest BCUT2D eigenvalue weighted by molar-refractivity contribution is 9.10. The second kappa shape index (κ2) is 8.00. The van der Waals surface area contributed by atoms with Crippen molar-refractivity contribution >= 4 is 44.6 Å². The maximum atomic E-state index is 5.65. The first-order valence-electron chi connectivity index (χ1n) is 6.81. The first-order chi connectivity index (χ1) is 10.6. The molecular weight excluding hydrogens is 362 g/mol. The number of thiocarbonyl (C=S) groups is 1. The average molecular weight is 380 g/mol. The van der Waals surface area contributed by atoms with Gasteiger partial charge in [0.25, 0.3) is 0 Å². The van der Waals surface area contributed by atoms with Crippen LogP contribution in [0.25, 0.3) is 0 Å². The summed E-state index contributed by atoms with van der Waals surface area (Å²) in [5.41, 5.74) is 8.50. The third-order valence-electron chi connectivity index (χ3n) is 3.08. The van der Waals surface area contributed by atoms with Gasteiger partial charge in [0, 0.05) is 17.9 Å². The van der Waals surface area contributed by atoms with E-state index >= 15 is 0 Å². The summed E-state index contributed by atoms with van der Waals surface area (Å²) in [5.74, 6) is 0.831. The molecular formula is C16H18BrN3OS. The van der Waals surface area contributed by atoms with E-state index in [1.807, 2.05) is 36.4 Å². The van der Waals surface area contributed by atoms with Gasteiger partial charge in [-0.3, -0.25) is 0 Å². The Hall–Kier alpha value is -1.79. The summed E-state index contributed by atoms with van der Waals surface area (Å²) < 4.78 is 6.17. The van der Waals surface area contributed by atoms with Gasteiger partial charge in [0.2, 0.25) is 0 Å². The fraction of sp³-hybridized carbons (Fsp3) is 0.188. The third-order valence-corrected chi connectivity index (χ3v) is 3.95. The molecule has 0 fully saturated rings. The van der Waals surface area contributed by atoms with Gasteiger partial charge in [0.15, 0.2) is 5.11 Å². The molecule has 0 spiro atoms. The van der Waals surface area contributed by atoms with Crippen molar-refractivity contribution in [3.8, 4) is 5.75 Å². The summed E-state index contributed by atoms with van der Waals surface area (Å²) >= 11 is 8.75. The van der Waals surface area contributed by atoms with Crippen molar-refractivity contribution in [1.82, 2.24) is 5.32 Å². The molecule has 2 rings (SSSR count). The smallest absolute Gasteiger partial charge is 0.170 e. The minimum absolute atomic E-state index is 0.595. The number of nitrogens with two attached hydrogens (primary N) is 1. The highest BCUT2D eigenvalue weighted by atomic mass is 79.9. The van der Waals surface area contributed by atoms with Crippen molar-refractivity contribution in [2.24, 2.45) is 0 Å². The molecule has 0 aliphatic carbocycles. The minimum atomic E-state index is 0.595. The number of rotatable bonds is 5. The van der Waals surface area contributed by atoms with Crippen LogP contribution in [0.15, 0.2) is 46.9 Å². The zero-order chi connectivity index (χ0) is 15.9. The Morgan fingerprint density at radius 3 is 2.59 bits per heavy atom. The van der Waals surface area contributed by atoms with Crippen LogP contribution in [0.3, 0.4) is 0 Å². The van der Waals surface area contributed by atoms with Crippen molar-refractivity contribution in [3.05, 3.63) is 52.5 Å². The van der Waals surface area contributed by atoms with E-state index in [4.69, 9.17) is 22.7 Å². The molecule has 0 saturated carbocycles. The summed E-state index contributed by atoms with van der Waals surface area (Å²) in [7, 11) is 1.66. The summed E-state index contributed by atoms with van der Waals surface area (Å²) in [5, 5.41) is 6.90. The van der Waals surface area contributed by atoms with Crippen molar-refractivity contribution < 1.29 is 4.74 Å². The van der Waals surface area contributed by atoms with E-state index in [1.165, 1.54) is 5.56 Å².